The Hall–Kier alpha value is -2.45. The Kier molecular flexibility index (Phi) is 3.41. The van der Waals surface area contributed by atoms with Crippen LogP contribution in [-0.2, 0) is 9.53 Å². The van der Waals surface area contributed by atoms with Crippen molar-refractivity contribution in [2.24, 2.45) is 0 Å². The molecule has 1 atom stereocenters. The number of aromatic nitrogens is 2. The summed E-state index contributed by atoms with van der Waals surface area (Å²) in [7, 11) is 1.06. The van der Waals surface area contributed by atoms with Crippen LogP contribution in [0.25, 0.3) is 0 Å². The summed E-state index contributed by atoms with van der Waals surface area (Å²) >= 11 is 0. The summed E-state index contributed by atoms with van der Waals surface area (Å²) in [6.07, 6.45) is 0.975. The number of carbonyl (C=O) groups excluding carboxylic acids is 1. The van der Waals surface area contributed by atoms with Crippen LogP contribution in [0.4, 0.5) is 5.82 Å². The molecule has 0 aliphatic heterocycles. The van der Waals surface area contributed by atoms with E-state index in [1.165, 1.54) is 6.92 Å². The number of carboxylic acid groups (broad SMARTS) is 1. The molecule has 1 aromatic heterocycles. The third-order valence-electron chi connectivity index (χ3n) is 2.04. The van der Waals surface area contributed by atoms with E-state index in [2.05, 4.69) is 9.84 Å². The van der Waals surface area contributed by atoms with Crippen molar-refractivity contribution in [1.82, 2.24) is 9.78 Å². The van der Waals surface area contributed by atoms with E-state index in [9.17, 15) is 19.7 Å². The standard InChI is InChI=1S/C8H9N3O6/c1-4(7(12)13)10-3-5(8(14)17-2)6(9-10)11(15)16/h3-4H,1-2H3,(H,12,13). The molecule has 0 bridgehead atoms. The third-order valence-corrected chi connectivity index (χ3v) is 2.04. The summed E-state index contributed by atoms with van der Waals surface area (Å²) in [6, 6.07) is -1.12. The SMILES string of the molecule is COC(=O)c1cn(C(C)C(=O)O)nc1[N+](=O)[O-]. The highest BCUT2D eigenvalue weighted by Crippen LogP contribution is 2.19. The highest BCUT2D eigenvalue weighted by Gasteiger charge is 2.30. The Morgan fingerprint density at radius 1 is 1.65 bits per heavy atom. The number of carboxylic acids is 1. The minimum absolute atomic E-state index is 0.384. The lowest BCUT2D eigenvalue weighted by molar-refractivity contribution is -0.390. The van der Waals surface area contributed by atoms with Crippen molar-refractivity contribution in [2.45, 2.75) is 13.0 Å². The molecular weight excluding hydrogens is 234 g/mol. The van der Waals surface area contributed by atoms with Crippen molar-refractivity contribution in [1.29, 1.82) is 0 Å². The first-order chi connectivity index (χ1) is 7.88. The zero-order chi connectivity index (χ0) is 13.2. The lowest BCUT2D eigenvalue weighted by Crippen LogP contribution is -2.16. The minimum atomic E-state index is -1.22. The predicted octanol–water partition coefficient (Wildman–Crippen LogP) is 0.223. The molecule has 0 fully saturated rings. The minimum Gasteiger partial charge on any atom is -0.480 e. The number of hydrogen-bond acceptors (Lipinski definition) is 6. The van der Waals surface area contributed by atoms with E-state index < -0.39 is 28.7 Å². The molecule has 0 saturated heterocycles. The first-order valence-corrected chi connectivity index (χ1v) is 4.43. The van der Waals surface area contributed by atoms with E-state index in [-0.39, 0.29) is 5.56 Å². The van der Waals surface area contributed by atoms with Gasteiger partial charge in [0.1, 0.15) is 0 Å². The maximum absolute atomic E-state index is 11.2. The van der Waals surface area contributed by atoms with Gasteiger partial charge >= 0.3 is 17.8 Å². The number of methoxy groups -OCH3 is 1. The number of aliphatic carboxylic acids is 1. The molecule has 0 amide bonds. The highest BCUT2D eigenvalue weighted by atomic mass is 16.6. The number of nitrogens with zero attached hydrogens (tertiary/aromatic N) is 3. The fourth-order valence-electron chi connectivity index (χ4n) is 1.08. The molecule has 1 heterocycles. The average molecular weight is 243 g/mol. The number of nitro groups is 1. The van der Waals surface area contributed by atoms with Gasteiger partial charge < -0.3 is 20.0 Å². The molecule has 0 spiro atoms. The Morgan fingerprint density at radius 2 is 2.24 bits per heavy atom. The summed E-state index contributed by atoms with van der Waals surface area (Å²) in [6.45, 7) is 1.28. The Labute approximate surface area is 94.7 Å². The van der Waals surface area contributed by atoms with Gasteiger partial charge in [-0.2, -0.15) is 4.68 Å². The summed E-state index contributed by atoms with van der Waals surface area (Å²) in [5.74, 6) is -2.90. The first-order valence-electron chi connectivity index (χ1n) is 4.43. The molecule has 1 rings (SSSR count). The van der Waals surface area contributed by atoms with Crippen LogP contribution in [0, 0.1) is 10.1 Å². The fourth-order valence-corrected chi connectivity index (χ4v) is 1.08. The molecule has 0 aliphatic carbocycles. The highest BCUT2D eigenvalue weighted by molar-refractivity contribution is 5.92. The molecule has 0 saturated carbocycles. The number of rotatable bonds is 4. The van der Waals surface area contributed by atoms with Crippen LogP contribution in [0.1, 0.15) is 23.3 Å². The van der Waals surface area contributed by atoms with E-state index >= 15 is 0 Å². The lowest BCUT2D eigenvalue weighted by Gasteiger charge is -2.00. The molecule has 17 heavy (non-hydrogen) atoms. The third kappa shape index (κ3) is 2.38. The Bertz CT molecular complexity index is 480. The second-order valence-electron chi connectivity index (χ2n) is 3.11. The van der Waals surface area contributed by atoms with Gasteiger partial charge in [-0.15, -0.1) is 0 Å². The largest absolute Gasteiger partial charge is 0.480 e. The molecule has 0 aliphatic rings. The average Bonchev–Trinajstić information content (AvgIpc) is 2.71. The number of ether oxygens (including phenoxy) is 1. The quantitative estimate of drug-likeness (QED) is 0.455. The van der Waals surface area contributed by atoms with Gasteiger partial charge in [0, 0.05) is 0 Å². The van der Waals surface area contributed by atoms with Gasteiger partial charge in [0.15, 0.2) is 11.6 Å². The zero-order valence-electron chi connectivity index (χ0n) is 8.98. The predicted molar refractivity (Wildman–Crippen MR) is 52.6 cm³/mol. The van der Waals surface area contributed by atoms with E-state index in [0.29, 0.717) is 0 Å². The van der Waals surface area contributed by atoms with Crippen LogP contribution in [0.15, 0.2) is 6.20 Å². The van der Waals surface area contributed by atoms with Crippen molar-refractivity contribution in [2.75, 3.05) is 7.11 Å². The normalized spacial score (nSPS) is 11.9. The summed E-state index contributed by atoms with van der Waals surface area (Å²) in [4.78, 5) is 31.6. The Morgan fingerprint density at radius 3 is 2.65 bits per heavy atom. The first kappa shape index (κ1) is 12.6. The number of carbonyl (C=O) groups is 2. The van der Waals surface area contributed by atoms with Crippen LogP contribution in [-0.4, -0.2) is 38.9 Å². The molecule has 1 N–H and O–H groups in total. The molecule has 9 nitrogen and oxygen atoms in total. The van der Waals surface area contributed by atoms with Gasteiger partial charge in [-0.05, 0) is 11.8 Å². The molecule has 1 unspecified atom stereocenters. The molecule has 1 aromatic rings. The van der Waals surface area contributed by atoms with Crippen molar-refractivity contribution >= 4 is 17.8 Å². The summed E-state index contributed by atoms with van der Waals surface area (Å²) in [5, 5.41) is 22.8. The zero-order valence-corrected chi connectivity index (χ0v) is 8.98. The van der Waals surface area contributed by atoms with Gasteiger partial charge in [-0.1, -0.05) is 0 Å². The topological polar surface area (TPSA) is 125 Å². The fraction of sp³-hybridized carbons (Fsp3) is 0.375. The van der Waals surface area contributed by atoms with Crippen molar-refractivity contribution in [3.63, 3.8) is 0 Å². The maximum atomic E-state index is 11.2. The van der Waals surface area contributed by atoms with Crippen LogP contribution in [0.2, 0.25) is 0 Å². The lowest BCUT2D eigenvalue weighted by atomic mass is 10.3. The van der Waals surface area contributed by atoms with Gasteiger partial charge in [-0.3, -0.25) is 0 Å². The van der Waals surface area contributed by atoms with Gasteiger partial charge in [0.25, 0.3) is 0 Å². The molecule has 92 valence electrons. The van der Waals surface area contributed by atoms with E-state index in [4.69, 9.17) is 5.11 Å². The van der Waals surface area contributed by atoms with Crippen LogP contribution < -0.4 is 0 Å². The van der Waals surface area contributed by atoms with Crippen molar-refractivity contribution in [3.8, 4) is 0 Å². The molecule has 9 heteroatoms. The van der Waals surface area contributed by atoms with Gasteiger partial charge in [0.05, 0.1) is 18.4 Å². The van der Waals surface area contributed by atoms with Gasteiger partial charge in [0.2, 0.25) is 0 Å². The van der Waals surface area contributed by atoms with Crippen LogP contribution >= 0.6 is 0 Å². The van der Waals surface area contributed by atoms with Crippen molar-refractivity contribution in [3.05, 3.63) is 21.9 Å². The molecular formula is C8H9N3O6. The maximum Gasteiger partial charge on any atom is 0.404 e. The van der Waals surface area contributed by atoms with E-state index in [1.54, 1.807) is 0 Å². The second kappa shape index (κ2) is 4.60. The number of hydrogen-bond donors (Lipinski definition) is 1. The number of esters is 1. The molecule has 0 aromatic carbocycles. The Balaban J connectivity index is 3.26. The summed E-state index contributed by atoms with van der Waals surface area (Å²) < 4.78 is 5.16. The van der Waals surface area contributed by atoms with Crippen LogP contribution in [0.5, 0.6) is 0 Å². The molecule has 0 radical (unpaired) electrons. The van der Waals surface area contributed by atoms with E-state index in [0.717, 1.165) is 18.0 Å². The summed E-state index contributed by atoms with van der Waals surface area (Å²) in [5.41, 5.74) is -0.384. The van der Waals surface area contributed by atoms with Crippen molar-refractivity contribution < 1.29 is 24.4 Å². The second-order valence-corrected chi connectivity index (χ2v) is 3.11. The van der Waals surface area contributed by atoms with Gasteiger partial charge in [-0.25, -0.2) is 9.59 Å². The smallest absolute Gasteiger partial charge is 0.404 e. The van der Waals surface area contributed by atoms with E-state index in [1.807, 2.05) is 0 Å². The van der Waals surface area contributed by atoms with Crippen LogP contribution in [0.3, 0.4) is 0 Å². The monoisotopic (exact) mass is 243 g/mol.